The number of carbonyl (C=O) groups is 3. The lowest BCUT2D eigenvalue weighted by atomic mass is 9.40. The first-order chi connectivity index (χ1) is 21.8. The number of aryl methyl sites for hydroxylation is 2. The van der Waals surface area contributed by atoms with Crippen molar-refractivity contribution in [3.05, 3.63) is 45.9 Å². The van der Waals surface area contributed by atoms with Gasteiger partial charge >= 0.3 is 17.9 Å². The van der Waals surface area contributed by atoms with Crippen LogP contribution in [0.25, 0.3) is 0 Å². The van der Waals surface area contributed by atoms with Gasteiger partial charge in [-0.1, -0.05) is 32.4 Å². The molecule has 3 aliphatic carbocycles. The van der Waals surface area contributed by atoms with Gasteiger partial charge in [0.1, 0.15) is 23.7 Å². The molecule has 11 atom stereocenters. The third-order valence-electron chi connectivity index (χ3n) is 13.1. The van der Waals surface area contributed by atoms with E-state index in [4.69, 9.17) is 28.1 Å². The molecule has 4 fully saturated rings. The maximum Gasteiger partial charge on any atom is 0.333 e. The van der Waals surface area contributed by atoms with Crippen LogP contribution < -0.4 is 0 Å². The summed E-state index contributed by atoms with van der Waals surface area (Å²) < 4.78 is 37.9. The summed E-state index contributed by atoms with van der Waals surface area (Å²) in [5.41, 5.74) is 2.34. The molecular formula is C37H48O9. The fraction of sp³-hybridized carbons (Fsp3) is 0.703. The maximum atomic E-state index is 13.5. The Bertz CT molecular complexity index is 1530. The number of furan rings is 1. The highest BCUT2D eigenvalue weighted by molar-refractivity contribution is 5.87. The number of fused-ring (bicyclic) bond motifs is 6. The Hall–Kier alpha value is -2.91. The van der Waals surface area contributed by atoms with Crippen LogP contribution in [0.15, 0.2) is 33.3 Å². The van der Waals surface area contributed by atoms with Crippen molar-refractivity contribution in [3.63, 3.8) is 0 Å². The molecule has 9 nitrogen and oxygen atoms in total. The minimum atomic E-state index is -0.740. The van der Waals surface area contributed by atoms with Gasteiger partial charge in [0.2, 0.25) is 0 Å². The Morgan fingerprint density at radius 1 is 1.07 bits per heavy atom. The van der Waals surface area contributed by atoms with Crippen LogP contribution >= 0.6 is 0 Å². The highest BCUT2D eigenvalue weighted by Crippen LogP contribution is 2.74. The van der Waals surface area contributed by atoms with Crippen LogP contribution in [-0.2, 0) is 50.9 Å². The summed E-state index contributed by atoms with van der Waals surface area (Å²) in [6, 6.07) is 2.24. The molecule has 9 heteroatoms. The Morgan fingerprint density at radius 2 is 1.83 bits per heavy atom. The Morgan fingerprint density at radius 3 is 2.50 bits per heavy atom. The summed E-state index contributed by atoms with van der Waals surface area (Å²) in [7, 11) is 1.42. The van der Waals surface area contributed by atoms with Crippen LogP contribution in [0.3, 0.4) is 0 Å². The number of allylic oxidation sites excluding steroid dienone is 2. The molecule has 0 amide bonds. The van der Waals surface area contributed by atoms with Gasteiger partial charge in [-0.15, -0.1) is 0 Å². The van der Waals surface area contributed by atoms with E-state index in [1.807, 2.05) is 6.92 Å². The van der Waals surface area contributed by atoms with Gasteiger partial charge < -0.3 is 28.1 Å². The summed E-state index contributed by atoms with van der Waals surface area (Å²) in [6.07, 6.45) is 4.00. The Kier molecular flexibility index (Phi) is 7.44. The quantitative estimate of drug-likeness (QED) is 0.166. The summed E-state index contributed by atoms with van der Waals surface area (Å²) in [4.78, 5) is 39.3. The summed E-state index contributed by atoms with van der Waals surface area (Å²) in [6.45, 7) is 14.1. The van der Waals surface area contributed by atoms with Crippen LogP contribution in [-0.4, -0.2) is 62.1 Å². The molecule has 2 saturated carbocycles. The lowest BCUT2D eigenvalue weighted by Gasteiger charge is -2.65. The minimum Gasteiger partial charge on any atom is -0.469 e. The van der Waals surface area contributed by atoms with Crippen molar-refractivity contribution in [2.24, 2.45) is 28.1 Å². The number of esters is 3. The minimum absolute atomic E-state index is 0.132. The van der Waals surface area contributed by atoms with Gasteiger partial charge in [-0.05, 0) is 51.2 Å². The molecule has 3 aliphatic heterocycles. The Balaban J connectivity index is 1.40. The van der Waals surface area contributed by atoms with E-state index in [0.717, 1.165) is 37.2 Å². The molecule has 1 aromatic heterocycles. The average molecular weight is 637 g/mol. The van der Waals surface area contributed by atoms with Gasteiger partial charge in [-0.3, -0.25) is 9.59 Å². The summed E-state index contributed by atoms with van der Waals surface area (Å²) in [5, 5.41) is 0. The number of methoxy groups -OCH3 is 1. The lowest BCUT2D eigenvalue weighted by molar-refractivity contribution is -0.251. The van der Waals surface area contributed by atoms with Gasteiger partial charge in [0.25, 0.3) is 0 Å². The van der Waals surface area contributed by atoms with Crippen molar-refractivity contribution < 1.29 is 42.5 Å². The number of rotatable bonds is 6. The maximum absolute atomic E-state index is 13.5. The molecule has 0 aromatic carbocycles. The zero-order valence-corrected chi connectivity index (χ0v) is 28.4. The molecule has 4 heterocycles. The van der Waals surface area contributed by atoms with Crippen LogP contribution in [0.4, 0.5) is 0 Å². The number of hydrogen-bond acceptors (Lipinski definition) is 9. The van der Waals surface area contributed by atoms with Crippen molar-refractivity contribution in [2.45, 2.75) is 123 Å². The second-order valence-electron chi connectivity index (χ2n) is 15.3. The predicted octanol–water partition coefficient (Wildman–Crippen LogP) is 5.78. The van der Waals surface area contributed by atoms with E-state index >= 15 is 0 Å². The average Bonchev–Trinajstić information content (AvgIpc) is 3.72. The first-order valence-corrected chi connectivity index (χ1v) is 17.0. The molecule has 0 N–H and O–H groups in total. The normalized spacial score (nSPS) is 42.3. The van der Waals surface area contributed by atoms with Crippen LogP contribution in [0.5, 0.6) is 0 Å². The second-order valence-corrected chi connectivity index (χ2v) is 15.3. The first-order valence-electron chi connectivity index (χ1n) is 17.0. The zero-order chi connectivity index (χ0) is 32.9. The van der Waals surface area contributed by atoms with Gasteiger partial charge in [0.15, 0.2) is 0 Å². The zero-order valence-electron chi connectivity index (χ0n) is 28.4. The highest BCUT2D eigenvalue weighted by Gasteiger charge is 2.78. The van der Waals surface area contributed by atoms with E-state index in [-0.39, 0.29) is 54.4 Å². The third-order valence-corrected chi connectivity index (χ3v) is 13.1. The molecule has 0 radical (unpaired) electrons. The topological polar surface area (TPSA) is 111 Å². The van der Waals surface area contributed by atoms with Crippen LogP contribution in [0, 0.1) is 28.1 Å². The summed E-state index contributed by atoms with van der Waals surface area (Å²) >= 11 is 0. The van der Waals surface area contributed by atoms with Crippen LogP contribution in [0.1, 0.15) is 97.2 Å². The molecule has 1 unspecified atom stereocenters. The van der Waals surface area contributed by atoms with E-state index in [1.54, 1.807) is 13.0 Å². The molecule has 6 aliphatic rings. The summed E-state index contributed by atoms with van der Waals surface area (Å²) in [5.74, 6) is 0.663. The predicted molar refractivity (Wildman–Crippen MR) is 167 cm³/mol. The van der Waals surface area contributed by atoms with Crippen LogP contribution in [0.2, 0.25) is 0 Å². The van der Waals surface area contributed by atoms with E-state index in [0.29, 0.717) is 18.6 Å². The van der Waals surface area contributed by atoms with E-state index in [1.165, 1.54) is 30.7 Å². The fourth-order valence-electron chi connectivity index (χ4n) is 11.1. The SMILES string of the molecule is C/C=C(\C)C(=O)O[C@H]1C[C@@H](OC(C)=O)[C@@]2(C)CO[C@@H]3C2[C@@]1(C)[C@@H](CC(=O)OC)[C@]1(C)C2=C(C)[C@H](c4cc5oc4CCC5)C[C@H]2O[C@H]31. The molecule has 7 rings (SSSR count). The van der Waals surface area contributed by atoms with Gasteiger partial charge in [0.05, 0.1) is 32.0 Å². The van der Waals surface area contributed by atoms with E-state index < -0.39 is 34.4 Å². The van der Waals surface area contributed by atoms with Crippen molar-refractivity contribution >= 4 is 17.9 Å². The van der Waals surface area contributed by atoms with Crippen molar-refractivity contribution in [1.29, 1.82) is 0 Å². The Labute approximate surface area is 271 Å². The highest BCUT2D eigenvalue weighted by atomic mass is 16.6. The molecule has 250 valence electrons. The fourth-order valence-corrected chi connectivity index (χ4v) is 11.1. The third kappa shape index (κ3) is 4.22. The molecule has 2 bridgehead atoms. The van der Waals surface area contributed by atoms with E-state index in [9.17, 15) is 14.4 Å². The first kappa shape index (κ1) is 31.7. The molecule has 2 saturated heterocycles. The van der Waals surface area contributed by atoms with Gasteiger partial charge in [-0.2, -0.15) is 0 Å². The van der Waals surface area contributed by atoms with Gasteiger partial charge in [0, 0.05) is 71.8 Å². The second kappa shape index (κ2) is 10.8. The standard InChI is InChI=1S/C37H48O9/c1-9-18(2)34(40)46-28-16-27(43-20(4)38)35(5)17-42-31-32(35)36(28,6)26(15-29(39)41-8)37(7)30-19(3)22(14-25(30)45-33(31)37)23-13-21-11-10-12-24(23)44-21/h9,13,22,25-28,31-33H,10-12,14-17H2,1-8H3/b18-9+/t22-,25-,26-,27-,28+,31-,32?,33-,35-,36+,37-/m1/s1. The monoisotopic (exact) mass is 636 g/mol. The molecule has 46 heavy (non-hydrogen) atoms. The van der Waals surface area contributed by atoms with E-state index in [2.05, 4.69) is 33.8 Å². The molecular weight excluding hydrogens is 588 g/mol. The van der Waals surface area contributed by atoms with Gasteiger partial charge in [-0.25, -0.2) is 4.79 Å². The smallest absolute Gasteiger partial charge is 0.333 e. The number of hydrogen-bond donors (Lipinski definition) is 0. The van der Waals surface area contributed by atoms with Crippen molar-refractivity contribution in [3.8, 4) is 0 Å². The lowest BCUT2D eigenvalue weighted by Crippen LogP contribution is -2.71. The largest absolute Gasteiger partial charge is 0.469 e. The molecule has 0 spiro atoms. The molecule has 1 aromatic rings. The number of carbonyl (C=O) groups excluding carboxylic acids is 3. The number of ether oxygens (including phenoxy) is 5. The van der Waals surface area contributed by atoms with Crippen molar-refractivity contribution in [2.75, 3.05) is 13.7 Å². The van der Waals surface area contributed by atoms with Crippen molar-refractivity contribution in [1.82, 2.24) is 0 Å².